The number of hydrogen-bond acceptors (Lipinski definition) is 5. The van der Waals surface area contributed by atoms with Gasteiger partial charge in [-0.15, -0.1) is 0 Å². The highest BCUT2D eigenvalue weighted by molar-refractivity contribution is 6.32. The van der Waals surface area contributed by atoms with E-state index in [0.717, 1.165) is 29.6 Å². The number of amides is 2. The minimum absolute atomic E-state index is 0.111. The first-order valence-corrected chi connectivity index (χ1v) is 12.6. The fourth-order valence-electron chi connectivity index (χ4n) is 5.55. The Morgan fingerprint density at radius 3 is 2.56 bits per heavy atom. The monoisotopic (exact) mass is 489 g/mol. The van der Waals surface area contributed by atoms with E-state index in [9.17, 15) is 24.9 Å². The molecule has 1 heterocycles. The summed E-state index contributed by atoms with van der Waals surface area (Å²) in [7, 11) is 0. The largest absolute Gasteiger partial charge is 0.508 e. The molecule has 3 rings (SSSR count). The Labute approximate surface area is 206 Å². The summed E-state index contributed by atoms with van der Waals surface area (Å²) in [6, 6.07) is 4.87. The maximum Gasteiger partial charge on any atom is 0.233 e. The van der Waals surface area contributed by atoms with Gasteiger partial charge in [-0.05, 0) is 68.4 Å². The SMILES string of the molecule is CCC/C(=C\c1ccc(O)cc1Cl)CC[C@@H](O)C1=C(C)C[C@H]2C(=O)N(CCC)C(=O)[C@H]2[C@H]1CO. The van der Waals surface area contributed by atoms with Crippen LogP contribution in [0.2, 0.25) is 5.02 Å². The molecule has 3 N–H and O–H groups in total. The Morgan fingerprint density at radius 2 is 1.94 bits per heavy atom. The van der Waals surface area contributed by atoms with Gasteiger partial charge in [-0.2, -0.15) is 0 Å². The maximum absolute atomic E-state index is 13.0. The number of carbonyl (C=O) groups excluding carboxylic acids is 2. The molecule has 1 fully saturated rings. The van der Waals surface area contributed by atoms with E-state index >= 15 is 0 Å². The summed E-state index contributed by atoms with van der Waals surface area (Å²) in [5, 5.41) is 31.5. The molecule has 0 bridgehead atoms. The quantitative estimate of drug-likeness (QED) is 0.326. The molecule has 1 aromatic rings. The molecule has 186 valence electrons. The second-order valence-electron chi connectivity index (χ2n) is 9.50. The van der Waals surface area contributed by atoms with E-state index in [1.165, 1.54) is 11.0 Å². The minimum atomic E-state index is -0.809. The predicted octanol–water partition coefficient (Wildman–Crippen LogP) is 4.71. The fourth-order valence-corrected chi connectivity index (χ4v) is 5.78. The lowest BCUT2D eigenvalue weighted by Gasteiger charge is -2.35. The molecule has 4 atom stereocenters. The van der Waals surface area contributed by atoms with E-state index in [0.29, 0.717) is 42.8 Å². The Bertz CT molecular complexity index is 985. The number of aromatic hydroxyl groups is 1. The molecule has 0 aromatic heterocycles. The molecule has 1 aliphatic carbocycles. The fraction of sp³-hybridized carbons (Fsp3) is 0.556. The van der Waals surface area contributed by atoms with Gasteiger partial charge in [-0.25, -0.2) is 0 Å². The Hall–Kier alpha value is -2.15. The molecule has 2 amide bonds. The molecule has 1 aliphatic heterocycles. The summed E-state index contributed by atoms with van der Waals surface area (Å²) in [6.45, 7) is 6.03. The molecule has 0 saturated carbocycles. The number of fused-ring (bicyclic) bond motifs is 1. The molecule has 0 radical (unpaired) electrons. The van der Waals surface area contributed by atoms with Gasteiger partial charge in [0.05, 0.1) is 29.6 Å². The number of benzene rings is 1. The first-order valence-electron chi connectivity index (χ1n) is 12.2. The number of phenols is 1. The number of aliphatic hydroxyl groups excluding tert-OH is 2. The summed E-state index contributed by atoms with van der Waals surface area (Å²) < 4.78 is 0. The van der Waals surface area contributed by atoms with E-state index < -0.39 is 23.9 Å². The highest BCUT2D eigenvalue weighted by Crippen LogP contribution is 2.46. The minimum Gasteiger partial charge on any atom is -0.508 e. The average Bonchev–Trinajstić information content (AvgIpc) is 3.02. The van der Waals surface area contributed by atoms with E-state index in [-0.39, 0.29) is 24.2 Å². The van der Waals surface area contributed by atoms with Crippen molar-refractivity contribution in [1.29, 1.82) is 0 Å². The summed E-state index contributed by atoms with van der Waals surface area (Å²) >= 11 is 6.27. The van der Waals surface area contributed by atoms with Gasteiger partial charge in [0.15, 0.2) is 0 Å². The van der Waals surface area contributed by atoms with Crippen LogP contribution in [0.4, 0.5) is 0 Å². The molecule has 34 heavy (non-hydrogen) atoms. The zero-order valence-electron chi connectivity index (χ0n) is 20.3. The van der Waals surface area contributed by atoms with Crippen LogP contribution >= 0.6 is 11.6 Å². The number of rotatable bonds is 10. The van der Waals surface area contributed by atoms with Crippen molar-refractivity contribution in [2.45, 2.75) is 65.4 Å². The van der Waals surface area contributed by atoms with Crippen molar-refractivity contribution in [2.24, 2.45) is 17.8 Å². The Morgan fingerprint density at radius 1 is 1.21 bits per heavy atom. The van der Waals surface area contributed by atoms with Crippen LogP contribution in [0.25, 0.3) is 6.08 Å². The van der Waals surface area contributed by atoms with Crippen molar-refractivity contribution >= 4 is 29.5 Å². The maximum atomic E-state index is 13.0. The topological polar surface area (TPSA) is 98.1 Å². The number of imide groups is 1. The standard InChI is InChI=1S/C27H36ClNO5/c1-4-6-17(13-18-8-9-19(31)14-22(18)28)7-10-23(32)24-16(3)12-20-25(21(24)15-30)27(34)29(11-5-2)26(20)33/h8-9,13-14,20-21,23,25,30-32H,4-7,10-12,15H2,1-3H3/b17-13+/t20-,21+,23-,25-/m1/s1. The van der Waals surface area contributed by atoms with Gasteiger partial charge in [0.1, 0.15) is 5.75 Å². The number of hydrogen-bond donors (Lipinski definition) is 3. The number of allylic oxidation sites excluding steroid dienone is 2. The van der Waals surface area contributed by atoms with Crippen LogP contribution in [-0.2, 0) is 9.59 Å². The third-order valence-electron chi connectivity index (χ3n) is 7.08. The second-order valence-corrected chi connectivity index (χ2v) is 9.91. The van der Waals surface area contributed by atoms with Gasteiger partial charge >= 0.3 is 0 Å². The normalized spacial score (nSPS) is 24.1. The van der Waals surface area contributed by atoms with E-state index in [1.807, 2.05) is 19.9 Å². The molecule has 6 nitrogen and oxygen atoms in total. The zero-order valence-corrected chi connectivity index (χ0v) is 21.0. The van der Waals surface area contributed by atoms with E-state index in [2.05, 4.69) is 6.92 Å². The van der Waals surface area contributed by atoms with Crippen LogP contribution in [-0.4, -0.2) is 51.3 Å². The number of phenolic OH excluding ortho intramolecular Hbond substituents is 1. The second kappa shape index (κ2) is 11.5. The van der Waals surface area contributed by atoms with Gasteiger partial charge < -0.3 is 15.3 Å². The van der Waals surface area contributed by atoms with Crippen molar-refractivity contribution in [2.75, 3.05) is 13.2 Å². The highest BCUT2D eigenvalue weighted by atomic mass is 35.5. The number of aliphatic hydroxyl groups is 2. The molecule has 2 aliphatic rings. The third kappa shape index (κ3) is 5.40. The average molecular weight is 490 g/mol. The lowest BCUT2D eigenvalue weighted by molar-refractivity contribution is -0.140. The molecule has 7 heteroatoms. The summed E-state index contributed by atoms with van der Waals surface area (Å²) in [5.74, 6) is -1.85. The molecular weight excluding hydrogens is 454 g/mol. The Balaban J connectivity index is 1.80. The number of nitrogens with zero attached hydrogens (tertiary/aromatic N) is 1. The molecule has 1 aromatic carbocycles. The number of likely N-dealkylation sites (tertiary alicyclic amines) is 1. The molecule has 1 saturated heterocycles. The van der Waals surface area contributed by atoms with Crippen LogP contribution < -0.4 is 0 Å². The van der Waals surface area contributed by atoms with Gasteiger partial charge in [0.2, 0.25) is 11.8 Å². The summed E-state index contributed by atoms with van der Waals surface area (Å²) in [5.41, 5.74) is 3.55. The van der Waals surface area contributed by atoms with Gasteiger partial charge in [-0.1, -0.05) is 49.1 Å². The first kappa shape index (κ1) is 26.5. The molecule has 0 unspecified atom stereocenters. The zero-order chi connectivity index (χ0) is 25.0. The number of halogens is 1. The van der Waals surface area contributed by atoms with Gasteiger partial charge in [0.25, 0.3) is 0 Å². The molecular formula is C27H36ClNO5. The van der Waals surface area contributed by atoms with Crippen molar-refractivity contribution < 1.29 is 24.9 Å². The number of carbonyl (C=O) groups is 2. The van der Waals surface area contributed by atoms with Gasteiger partial charge in [0, 0.05) is 12.5 Å². The van der Waals surface area contributed by atoms with E-state index in [1.54, 1.807) is 12.1 Å². The lowest BCUT2D eigenvalue weighted by atomic mass is 9.68. The van der Waals surface area contributed by atoms with Gasteiger partial charge in [-0.3, -0.25) is 14.5 Å². The third-order valence-corrected chi connectivity index (χ3v) is 7.40. The van der Waals surface area contributed by atoms with Crippen LogP contribution in [0.15, 0.2) is 34.9 Å². The van der Waals surface area contributed by atoms with Crippen molar-refractivity contribution in [3.05, 3.63) is 45.5 Å². The molecule has 0 spiro atoms. The van der Waals surface area contributed by atoms with Crippen LogP contribution in [0.5, 0.6) is 5.75 Å². The van der Waals surface area contributed by atoms with Crippen LogP contribution in [0, 0.1) is 17.8 Å². The Kier molecular flexibility index (Phi) is 8.96. The van der Waals surface area contributed by atoms with E-state index in [4.69, 9.17) is 11.6 Å². The van der Waals surface area contributed by atoms with Crippen molar-refractivity contribution in [3.8, 4) is 5.75 Å². The van der Waals surface area contributed by atoms with Crippen molar-refractivity contribution in [3.63, 3.8) is 0 Å². The highest BCUT2D eigenvalue weighted by Gasteiger charge is 2.54. The van der Waals surface area contributed by atoms with Crippen LogP contribution in [0.1, 0.15) is 64.9 Å². The smallest absolute Gasteiger partial charge is 0.233 e. The lowest BCUT2D eigenvalue weighted by Crippen LogP contribution is -2.38. The van der Waals surface area contributed by atoms with Crippen molar-refractivity contribution in [1.82, 2.24) is 4.90 Å². The first-order chi connectivity index (χ1) is 16.2. The van der Waals surface area contributed by atoms with Crippen LogP contribution in [0.3, 0.4) is 0 Å². The summed E-state index contributed by atoms with van der Waals surface area (Å²) in [6.07, 6.45) is 5.19. The predicted molar refractivity (Wildman–Crippen MR) is 133 cm³/mol. The summed E-state index contributed by atoms with van der Waals surface area (Å²) in [4.78, 5) is 27.2.